The van der Waals surface area contributed by atoms with Gasteiger partial charge in [-0.05, 0) is 30.7 Å². The molecule has 1 aliphatic rings. The van der Waals surface area contributed by atoms with E-state index in [0.717, 1.165) is 50.9 Å². The predicted molar refractivity (Wildman–Crippen MR) is 110 cm³/mol. The first-order chi connectivity index (χ1) is 10.8. The van der Waals surface area contributed by atoms with E-state index in [1.54, 1.807) is 0 Å². The average molecular weight is 449 g/mol. The van der Waals surface area contributed by atoms with Crippen molar-refractivity contribution in [3.05, 3.63) is 30.3 Å². The fraction of sp³-hybridized carbons (Fsp3) is 0.588. The minimum absolute atomic E-state index is 0. The van der Waals surface area contributed by atoms with E-state index in [0.29, 0.717) is 5.92 Å². The quantitative estimate of drug-likeness (QED) is 0.228. The Kier molecular flexibility index (Phi) is 10.7. The zero-order valence-electron chi connectivity index (χ0n) is 14.0. The summed E-state index contributed by atoms with van der Waals surface area (Å²) in [6.45, 7) is 3.76. The summed E-state index contributed by atoms with van der Waals surface area (Å²) in [7, 11) is 3.95. The Labute approximate surface area is 161 Å². The summed E-state index contributed by atoms with van der Waals surface area (Å²) in [5.41, 5.74) is 0. The molecule has 1 saturated heterocycles. The van der Waals surface area contributed by atoms with Crippen LogP contribution in [0.1, 0.15) is 12.8 Å². The number of ether oxygens (including phenoxy) is 1. The van der Waals surface area contributed by atoms with Crippen molar-refractivity contribution in [2.45, 2.75) is 17.7 Å². The largest absolute Gasteiger partial charge is 0.381 e. The van der Waals surface area contributed by atoms with Crippen LogP contribution in [0, 0.1) is 5.92 Å². The molecule has 23 heavy (non-hydrogen) atoms. The molecule has 1 aromatic rings. The summed E-state index contributed by atoms with van der Waals surface area (Å²) < 4.78 is 5.44. The summed E-state index contributed by atoms with van der Waals surface area (Å²) >= 11 is 1.90. The zero-order valence-corrected chi connectivity index (χ0v) is 17.2. The Hall–Kier alpha value is -0.470. The third-order valence-electron chi connectivity index (χ3n) is 3.75. The first-order valence-corrected chi connectivity index (χ1v) is 8.95. The number of hydrogen-bond donors (Lipinski definition) is 1. The molecule has 6 heteroatoms. The van der Waals surface area contributed by atoms with Crippen molar-refractivity contribution in [3.8, 4) is 0 Å². The van der Waals surface area contributed by atoms with Crippen LogP contribution in [0.2, 0.25) is 0 Å². The Morgan fingerprint density at radius 2 is 2.17 bits per heavy atom. The second kappa shape index (κ2) is 12.0. The summed E-state index contributed by atoms with van der Waals surface area (Å²) in [5.74, 6) is 2.74. The molecule has 4 nitrogen and oxygen atoms in total. The molecule has 2 rings (SSSR count). The van der Waals surface area contributed by atoms with Gasteiger partial charge in [-0.25, -0.2) is 0 Å². The van der Waals surface area contributed by atoms with E-state index >= 15 is 0 Å². The maximum atomic E-state index is 5.44. The third-order valence-corrected chi connectivity index (χ3v) is 4.84. The Balaban J connectivity index is 0.00000264. The molecule has 1 aliphatic heterocycles. The molecule has 1 heterocycles. The predicted octanol–water partition coefficient (Wildman–Crippen LogP) is 3.33. The molecule has 0 aromatic heterocycles. The molecular formula is C17H28IN3OS. The Bertz CT molecular complexity index is 452. The van der Waals surface area contributed by atoms with Crippen LogP contribution >= 0.6 is 35.7 Å². The second-order valence-electron chi connectivity index (χ2n) is 5.60. The van der Waals surface area contributed by atoms with Crippen LogP contribution in [0.5, 0.6) is 0 Å². The highest BCUT2D eigenvalue weighted by atomic mass is 127. The minimum Gasteiger partial charge on any atom is -0.381 e. The van der Waals surface area contributed by atoms with E-state index in [2.05, 4.69) is 52.6 Å². The van der Waals surface area contributed by atoms with Crippen LogP contribution in [0.25, 0.3) is 0 Å². The maximum Gasteiger partial charge on any atom is 0.193 e. The summed E-state index contributed by atoms with van der Waals surface area (Å²) in [6.07, 6.45) is 2.29. The highest BCUT2D eigenvalue weighted by molar-refractivity contribution is 14.0. The number of guanidine groups is 1. The Morgan fingerprint density at radius 3 is 2.83 bits per heavy atom. The molecule has 0 aliphatic carbocycles. The van der Waals surface area contributed by atoms with E-state index in [9.17, 15) is 0 Å². The van der Waals surface area contributed by atoms with E-state index < -0.39 is 0 Å². The van der Waals surface area contributed by atoms with Crippen LogP contribution < -0.4 is 5.32 Å². The highest BCUT2D eigenvalue weighted by Crippen LogP contribution is 2.17. The van der Waals surface area contributed by atoms with Gasteiger partial charge in [0.15, 0.2) is 5.96 Å². The first kappa shape index (κ1) is 20.6. The molecule has 1 unspecified atom stereocenters. The lowest BCUT2D eigenvalue weighted by atomic mass is 10.1. The SMILES string of the molecule is CN=C(NCCCSc1ccccc1)N(C)CC1CCOC1.I. The number of thioether (sulfide) groups is 1. The van der Waals surface area contributed by atoms with E-state index in [-0.39, 0.29) is 24.0 Å². The topological polar surface area (TPSA) is 36.9 Å². The molecule has 1 N–H and O–H groups in total. The number of nitrogens with zero attached hydrogens (tertiary/aromatic N) is 2. The van der Waals surface area contributed by atoms with Crippen molar-refractivity contribution in [2.24, 2.45) is 10.9 Å². The van der Waals surface area contributed by atoms with Gasteiger partial charge in [-0.15, -0.1) is 35.7 Å². The van der Waals surface area contributed by atoms with Crippen molar-refractivity contribution < 1.29 is 4.74 Å². The number of rotatable bonds is 7. The Morgan fingerprint density at radius 1 is 1.39 bits per heavy atom. The fourth-order valence-corrected chi connectivity index (χ4v) is 3.44. The van der Waals surface area contributed by atoms with Gasteiger partial charge in [0.05, 0.1) is 6.61 Å². The molecule has 0 spiro atoms. The molecule has 1 aromatic carbocycles. The van der Waals surface area contributed by atoms with Gasteiger partial charge in [-0.2, -0.15) is 0 Å². The van der Waals surface area contributed by atoms with Crippen LogP contribution in [0.3, 0.4) is 0 Å². The second-order valence-corrected chi connectivity index (χ2v) is 6.77. The van der Waals surface area contributed by atoms with Crippen LogP contribution in [0.15, 0.2) is 40.2 Å². The van der Waals surface area contributed by atoms with Crippen molar-refractivity contribution >= 4 is 41.7 Å². The van der Waals surface area contributed by atoms with Gasteiger partial charge in [0.1, 0.15) is 0 Å². The lowest BCUT2D eigenvalue weighted by Crippen LogP contribution is -2.41. The lowest BCUT2D eigenvalue weighted by Gasteiger charge is -2.24. The van der Waals surface area contributed by atoms with Gasteiger partial charge in [0.25, 0.3) is 0 Å². The van der Waals surface area contributed by atoms with Crippen molar-refractivity contribution in [1.29, 1.82) is 0 Å². The molecule has 1 fully saturated rings. The molecule has 1 atom stereocenters. The first-order valence-electron chi connectivity index (χ1n) is 7.97. The summed E-state index contributed by atoms with van der Waals surface area (Å²) in [5, 5.41) is 3.45. The summed E-state index contributed by atoms with van der Waals surface area (Å²) in [4.78, 5) is 7.92. The number of aliphatic imine (C=N–C) groups is 1. The van der Waals surface area contributed by atoms with Gasteiger partial charge >= 0.3 is 0 Å². The molecule has 0 amide bonds. The zero-order chi connectivity index (χ0) is 15.6. The number of benzene rings is 1. The molecule has 130 valence electrons. The fourth-order valence-electron chi connectivity index (χ4n) is 2.56. The summed E-state index contributed by atoms with van der Waals surface area (Å²) in [6, 6.07) is 10.6. The highest BCUT2D eigenvalue weighted by Gasteiger charge is 2.18. The van der Waals surface area contributed by atoms with Crippen LogP contribution in [-0.4, -0.2) is 57.0 Å². The van der Waals surface area contributed by atoms with Crippen LogP contribution in [0.4, 0.5) is 0 Å². The molecule has 0 bridgehead atoms. The van der Waals surface area contributed by atoms with Crippen molar-refractivity contribution in [2.75, 3.05) is 46.2 Å². The van der Waals surface area contributed by atoms with Gasteiger partial charge in [0.2, 0.25) is 0 Å². The maximum absolute atomic E-state index is 5.44. The van der Waals surface area contributed by atoms with Gasteiger partial charge < -0.3 is 15.0 Å². The molecular weight excluding hydrogens is 421 g/mol. The minimum atomic E-state index is 0. The lowest BCUT2D eigenvalue weighted by molar-refractivity contribution is 0.181. The molecule has 0 saturated carbocycles. The number of nitrogens with one attached hydrogen (secondary N) is 1. The number of halogens is 1. The van der Waals surface area contributed by atoms with E-state index in [4.69, 9.17) is 4.74 Å². The normalized spacial score (nSPS) is 17.7. The van der Waals surface area contributed by atoms with Gasteiger partial charge in [0, 0.05) is 44.6 Å². The molecule has 0 radical (unpaired) electrons. The number of hydrogen-bond acceptors (Lipinski definition) is 3. The smallest absolute Gasteiger partial charge is 0.193 e. The standard InChI is InChI=1S/C17H27N3OS.HI/c1-18-17(20(2)13-15-9-11-21-14-15)19-10-6-12-22-16-7-4-3-5-8-16;/h3-5,7-8,15H,6,9-14H2,1-2H3,(H,18,19);1H. The third kappa shape index (κ3) is 7.76. The monoisotopic (exact) mass is 449 g/mol. The van der Waals surface area contributed by atoms with E-state index in [1.807, 2.05) is 18.8 Å². The van der Waals surface area contributed by atoms with E-state index in [1.165, 1.54) is 4.90 Å². The van der Waals surface area contributed by atoms with Gasteiger partial charge in [-0.1, -0.05) is 18.2 Å². The van der Waals surface area contributed by atoms with Crippen LogP contribution in [-0.2, 0) is 4.74 Å². The average Bonchev–Trinajstić information content (AvgIpc) is 3.04. The van der Waals surface area contributed by atoms with Gasteiger partial charge in [-0.3, -0.25) is 4.99 Å². The van der Waals surface area contributed by atoms with Crippen molar-refractivity contribution in [3.63, 3.8) is 0 Å². The van der Waals surface area contributed by atoms with Crippen molar-refractivity contribution in [1.82, 2.24) is 10.2 Å².